The summed E-state index contributed by atoms with van der Waals surface area (Å²) in [4.78, 5) is 14.8. The van der Waals surface area contributed by atoms with Crippen LogP contribution in [0.5, 0.6) is 0 Å². The highest BCUT2D eigenvalue weighted by Gasteiger charge is 1.98. The average molecular weight is 197 g/mol. The minimum Gasteiger partial charge on any atom is -0.298 e. The molecule has 0 saturated carbocycles. The molecule has 0 bridgehead atoms. The second-order valence-electron chi connectivity index (χ2n) is 3.36. The summed E-state index contributed by atoms with van der Waals surface area (Å²) in [7, 11) is 0. The van der Waals surface area contributed by atoms with E-state index in [0.717, 1.165) is 18.4 Å². The second kappa shape index (κ2) is 4.51. The lowest BCUT2D eigenvalue weighted by Gasteiger charge is -2.00. The largest absolute Gasteiger partial charge is 0.298 e. The number of rotatable bonds is 3. The van der Waals surface area contributed by atoms with Crippen molar-refractivity contribution in [1.82, 2.24) is 4.98 Å². The third-order valence-electron chi connectivity index (χ3n) is 2.20. The second-order valence-corrected chi connectivity index (χ2v) is 3.36. The molecule has 0 aliphatic rings. The molecular weight excluding hydrogens is 186 g/mol. The summed E-state index contributed by atoms with van der Waals surface area (Å²) in [6.07, 6.45) is 3.28. The van der Waals surface area contributed by atoms with Crippen LogP contribution < -0.4 is 0 Å². The standard InChI is InChI=1S/C13H11NO/c15-10-12-6-7-14-13(9-12)8-11-4-2-1-3-5-11/h1-7,9-10H,8H2. The number of carbonyl (C=O) groups excluding carboxylic acids is 1. The molecule has 74 valence electrons. The molecular formula is C13H11NO. The van der Waals surface area contributed by atoms with Crippen molar-refractivity contribution in [2.75, 3.05) is 0 Å². The van der Waals surface area contributed by atoms with E-state index in [9.17, 15) is 4.79 Å². The van der Waals surface area contributed by atoms with Gasteiger partial charge in [-0.15, -0.1) is 0 Å². The van der Waals surface area contributed by atoms with Gasteiger partial charge in [0.25, 0.3) is 0 Å². The van der Waals surface area contributed by atoms with Gasteiger partial charge in [-0.3, -0.25) is 9.78 Å². The van der Waals surface area contributed by atoms with Crippen molar-refractivity contribution >= 4 is 6.29 Å². The Morgan fingerprint density at radius 2 is 1.93 bits per heavy atom. The molecule has 0 radical (unpaired) electrons. The smallest absolute Gasteiger partial charge is 0.150 e. The van der Waals surface area contributed by atoms with Crippen molar-refractivity contribution in [3.05, 3.63) is 65.5 Å². The zero-order chi connectivity index (χ0) is 10.5. The Balaban J connectivity index is 2.21. The molecule has 1 heterocycles. The van der Waals surface area contributed by atoms with Gasteiger partial charge in [0, 0.05) is 23.9 Å². The van der Waals surface area contributed by atoms with Crippen LogP contribution in [0.2, 0.25) is 0 Å². The number of pyridine rings is 1. The fourth-order valence-corrected chi connectivity index (χ4v) is 1.47. The Hall–Kier alpha value is -1.96. The van der Waals surface area contributed by atoms with Gasteiger partial charge in [0.15, 0.2) is 0 Å². The van der Waals surface area contributed by atoms with Gasteiger partial charge in [0.05, 0.1) is 0 Å². The maximum Gasteiger partial charge on any atom is 0.150 e. The zero-order valence-electron chi connectivity index (χ0n) is 8.26. The molecule has 2 nitrogen and oxygen atoms in total. The summed E-state index contributed by atoms with van der Waals surface area (Å²) >= 11 is 0. The van der Waals surface area contributed by atoms with E-state index < -0.39 is 0 Å². The normalized spacial score (nSPS) is 9.87. The molecule has 0 fully saturated rings. The highest BCUT2D eigenvalue weighted by Crippen LogP contribution is 2.07. The molecule has 0 unspecified atom stereocenters. The lowest BCUT2D eigenvalue weighted by atomic mass is 10.1. The van der Waals surface area contributed by atoms with Crippen LogP contribution in [-0.4, -0.2) is 11.3 Å². The van der Waals surface area contributed by atoms with Crippen LogP contribution in [0, 0.1) is 0 Å². The SMILES string of the molecule is O=Cc1ccnc(Cc2ccccc2)c1. The van der Waals surface area contributed by atoms with Gasteiger partial charge in [0.1, 0.15) is 6.29 Å². The highest BCUT2D eigenvalue weighted by atomic mass is 16.1. The molecule has 0 saturated heterocycles. The quantitative estimate of drug-likeness (QED) is 0.707. The predicted molar refractivity (Wildman–Crippen MR) is 58.9 cm³/mol. The first-order valence-electron chi connectivity index (χ1n) is 4.82. The molecule has 0 atom stereocenters. The van der Waals surface area contributed by atoms with E-state index >= 15 is 0 Å². The van der Waals surface area contributed by atoms with Gasteiger partial charge in [0.2, 0.25) is 0 Å². The fraction of sp³-hybridized carbons (Fsp3) is 0.0769. The fourth-order valence-electron chi connectivity index (χ4n) is 1.47. The Labute approximate surface area is 88.6 Å². The van der Waals surface area contributed by atoms with Crippen LogP contribution in [0.1, 0.15) is 21.6 Å². The van der Waals surface area contributed by atoms with Gasteiger partial charge in [-0.2, -0.15) is 0 Å². The molecule has 2 heteroatoms. The van der Waals surface area contributed by atoms with Crippen LogP contribution >= 0.6 is 0 Å². The minimum absolute atomic E-state index is 0.677. The summed E-state index contributed by atoms with van der Waals surface area (Å²) < 4.78 is 0. The third kappa shape index (κ3) is 2.50. The predicted octanol–water partition coefficient (Wildman–Crippen LogP) is 2.48. The summed E-state index contributed by atoms with van der Waals surface area (Å²) in [5, 5.41) is 0. The first kappa shape index (κ1) is 9.59. The lowest BCUT2D eigenvalue weighted by molar-refractivity contribution is 0.112. The number of hydrogen-bond acceptors (Lipinski definition) is 2. The van der Waals surface area contributed by atoms with Crippen molar-refractivity contribution in [2.24, 2.45) is 0 Å². The number of benzene rings is 1. The molecule has 2 aromatic rings. The molecule has 0 N–H and O–H groups in total. The molecule has 0 aliphatic heterocycles. The molecule has 15 heavy (non-hydrogen) atoms. The van der Waals surface area contributed by atoms with E-state index in [1.807, 2.05) is 24.3 Å². The molecule has 0 amide bonds. The molecule has 0 aliphatic carbocycles. The maximum atomic E-state index is 10.6. The molecule has 0 spiro atoms. The Kier molecular flexibility index (Phi) is 2.88. The minimum atomic E-state index is 0.677. The zero-order valence-corrected chi connectivity index (χ0v) is 8.26. The highest BCUT2D eigenvalue weighted by molar-refractivity contribution is 5.74. The number of carbonyl (C=O) groups is 1. The van der Waals surface area contributed by atoms with Gasteiger partial charge < -0.3 is 0 Å². The van der Waals surface area contributed by atoms with E-state index in [4.69, 9.17) is 0 Å². The van der Waals surface area contributed by atoms with Crippen LogP contribution in [0.3, 0.4) is 0 Å². The van der Waals surface area contributed by atoms with Crippen molar-refractivity contribution in [1.29, 1.82) is 0 Å². The van der Waals surface area contributed by atoms with Gasteiger partial charge >= 0.3 is 0 Å². The summed E-state index contributed by atoms with van der Waals surface area (Å²) in [5.74, 6) is 0. The lowest BCUT2D eigenvalue weighted by Crippen LogP contribution is -1.93. The monoisotopic (exact) mass is 197 g/mol. The van der Waals surface area contributed by atoms with Crippen molar-refractivity contribution in [2.45, 2.75) is 6.42 Å². The van der Waals surface area contributed by atoms with Crippen LogP contribution in [-0.2, 0) is 6.42 Å². The van der Waals surface area contributed by atoms with E-state index in [1.165, 1.54) is 5.56 Å². The van der Waals surface area contributed by atoms with Gasteiger partial charge in [-0.25, -0.2) is 0 Å². The first-order valence-corrected chi connectivity index (χ1v) is 4.82. The Morgan fingerprint density at radius 1 is 1.13 bits per heavy atom. The number of hydrogen-bond donors (Lipinski definition) is 0. The van der Waals surface area contributed by atoms with Crippen LogP contribution in [0.25, 0.3) is 0 Å². The summed E-state index contributed by atoms with van der Waals surface area (Å²) in [6, 6.07) is 13.6. The van der Waals surface area contributed by atoms with Gasteiger partial charge in [-0.1, -0.05) is 30.3 Å². The van der Waals surface area contributed by atoms with E-state index in [-0.39, 0.29) is 0 Å². The van der Waals surface area contributed by atoms with E-state index in [2.05, 4.69) is 17.1 Å². The number of nitrogens with zero attached hydrogens (tertiary/aromatic N) is 1. The van der Waals surface area contributed by atoms with Crippen molar-refractivity contribution < 1.29 is 4.79 Å². The first-order chi connectivity index (χ1) is 7.38. The van der Waals surface area contributed by atoms with Crippen molar-refractivity contribution in [3.8, 4) is 0 Å². The Bertz CT molecular complexity index is 451. The molecule has 2 rings (SSSR count). The number of aldehydes is 1. The van der Waals surface area contributed by atoms with E-state index in [1.54, 1.807) is 12.3 Å². The third-order valence-corrected chi connectivity index (χ3v) is 2.20. The topological polar surface area (TPSA) is 30.0 Å². The van der Waals surface area contributed by atoms with Crippen molar-refractivity contribution in [3.63, 3.8) is 0 Å². The van der Waals surface area contributed by atoms with Gasteiger partial charge in [-0.05, 0) is 17.7 Å². The summed E-state index contributed by atoms with van der Waals surface area (Å²) in [6.45, 7) is 0. The molecule has 1 aromatic heterocycles. The molecule has 1 aromatic carbocycles. The summed E-state index contributed by atoms with van der Waals surface area (Å²) in [5.41, 5.74) is 2.80. The maximum absolute atomic E-state index is 10.6. The van der Waals surface area contributed by atoms with Crippen LogP contribution in [0.15, 0.2) is 48.7 Å². The average Bonchev–Trinajstić information content (AvgIpc) is 2.31. The Morgan fingerprint density at radius 3 is 2.67 bits per heavy atom. The van der Waals surface area contributed by atoms with Crippen LogP contribution in [0.4, 0.5) is 0 Å². The van der Waals surface area contributed by atoms with E-state index in [0.29, 0.717) is 5.56 Å². The number of aromatic nitrogens is 1.